The van der Waals surface area contributed by atoms with E-state index in [-0.39, 0.29) is 0 Å². The second kappa shape index (κ2) is 4.84. The van der Waals surface area contributed by atoms with E-state index in [1.54, 1.807) is 13.8 Å². The van der Waals surface area contributed by atoms with Crippen molar-refractivity contribution in [3.8, 4) is 0 Å². The molecule has 0 bridgehead atoms. The molecule has 0 aliphatic carbocycles. The van der Waals surface area contributed by atoms with Gasteiger partial charge in [0.2, 0.25) is 0 Å². The number of hydrazine groups is 1. The lowest BCUT2D eigenvalue weighted by atomic mass is 10.1. The van der Waals surface area contributed by atoms with Crippen LogP contribution in [0.15, 0.2) is 0 Å². The van der Waals surface area contributed by atoms with Crippen LogP contribution in [0.5, 0.6) is 0 Å². The van der Waals surface area contributed by atoms with Crippen molar-refractivity contribution in [2.24, 2.45) is 5.84 Å². The zero-order valence-corrected chi connectivity index (χ0v) is 10.0. The molecule has 0 unspecified atom stereocenters. The second-order valence-corrected chi connectivity index (χ2v) is 4.93. The van der Waals surface area contributed by atoms with Gasteiger partial charge < -0.3 is 10.5 Å². The third kappa shape index (κ3) is 4.08. The van der Waals surface area contributed by atoms with Crippen LogP contribution in [0, 0.1) is 0 Å². The van der Waals surface area contributed by atoms with E-state index in [1.807, 2.05) is 11.9 Å². The summed E-state index contributed by atoms with van der Waals surface area (Å²) in [5, 5.41) is 14.3. The lowest BCUT2D eigenvalue weighted by Gasteiger charge is -2.24. The molecule has 0 radical (unpaired) electrons. The highest BCUT2D eigenvalue weighted by Gasteiger charge is 2.17. The molecule has 0 aliphatic rings. The molecule has 0 aromatic carbocycles. The number of rotatable bonds is 5. The van der Waals surface area contributed by atoms with Crippen molar-refractivity contribution in [2.75, 3.05) is 19.0 Å². The van der Waals surface area contributed by atoms with Crippen LogP contribution in [0.4, 0.5) is 5.00 Å². The lowest BCUT2D eigenvalue weighted by molar-refractivity contribution is 0.0422. The van der Waals surface area contributed by atoms with Crippen LogP contribution in [0.2, 0.25) is 0 Å². The highest BCUT2D eigenvalue weighted by Crippen LogP contribution is 2.17. The number of hydrogen-bond acceptors (Lipinski definition) is 7. The van der Waals surface area contributed by atoms with Gasteiger partial charge in [0.1, 0.15) is 10.7 Å². The maximum Gasteiger partial charge on any atom is 0.148 e. The van der Waals surface area contributed by atoms with Gasteiger partial charge in [-0.05, 0) is 20.9 Å². The Balaban J connectivity index is 2.55. The van der Waals surface area contributed by atoms with Crippen LogP contribution in [-0.4, -0.2) is 38.8 Å². The van der Waals surface area contributed by atoms with Gasteiger partial charge in [0.15, 0.2) is 0 Å². The Morgan fingerprint density at radius 3 is 2.80 bits per heavy atom. The second-order valence-electron chi connectivity index (χ2n) is 4.18. The van der Waals surface area contributed by atoms with Crippen molar-refractivity contribution in [1.29, 1.82) is 0 Å². The summed E-state index contributed by atoms with van der Waals surface area (Å²) in [6.45, 7) is 4.71. The maximum atomic E-state index is 9.63. The fourth-order valence-corrected chi connectivity index (χ4v) is 1.88. The predicted molar refractivity (Wildman–Crippen MR) is 60.4 cm³/mol. The van der Waals surface area contributed by atoms with Crippen LogP contribution in [0.25, 0.3) is 0 Å². The summed E-state index contributed by atoms with van der Waals surface area (Å²) in [6, 6.07) is 0. The van der Waals surface area contributed by atoms with Gasteiger partial charge in [-0.1, -0.05) is 4.49 Å². The number of nitrogens with zero attached hydrogens (tertiary/aromatic N) is 3. The number of anilines is 1. The van der Waals surface area contributed by atoms with Gasteiger partial charge >= 0.3 is 0 Å². The zero-order chi connectivity index (χ0) is 11.5. The molecule has 0 spiro atoms. The first-order valence-corrected chi connectivity index (χ1v) is 5.38. The van der Waals surface area contributed by atoms with E-state index < -0.39 is 5.60 Å². The first-order valence-electron chi connectivity index (χ1n) is 4.61. The van der Waals surface area contributed by atoms with Crippen LogP contribution in [-0.2, 0) is 6.54 Å². The molecular weight excluding hydrogens is 214 g/mol. The third-order valence-corrected chi connectivity index (χ3v) is 2.46. The van der Waals surface area contributed by atoms with Gasteiger partial charge in [-0.25, -0.2) is 5.84 Å². The average molecular weight is 231 g/mol. The van der Waals surface area contributed by atoms with E-state index in [1.165, 1.54) is 11.5 Å². The molecule has 15 heavy (non-hydrogen) atoms. The fraction of sp³-hybridized carbons (Fsp3) is 0.750. The first-order chi connectivity index (χ1) is 6.92. The summed E-state index contributed by atoms with van der Waals surface area (Å²) < 4.78 is 3.80. The summed E-state index contributed by atoms with van der Waals surface area (Å²) in [5.41, 5.74) is 2.63. The Kier molecular flexibility index (Phi) is 3.97. The van der Waals surface area contributed by atoms with Gasteiger partial charge in [0.25, 0.3) is 0 Å². The average Bonchev–Trinajstić information content (AvgIpc) is 2.48. The Labute approximate surface area is 93.2 Å². The molecule has 1 aromatic heterocycles. The van der Waals surface area contributed by atoms with E-state index in [0.717, 1.165) is 10.7 Å². The summed E-state index contributed by atoms with van der Waals surface area (Å²) in [6.07, 6.45) is 0. The monoisotopic (exact) mass is 231 g/mol. The normalized spacial score (nSPS) is 12.1. The minimum absolute atomic E-state index is 0.564. The van der Waals surface area contributed by atoms with E-state index >= 15 is 0 Å². The molecule has 6 nitrogen and oxygen atoms in total. The first kappa shape index (κ1) is 12.3. The Morgan fingerprint density at radius 1 is 1.60 bits per heavy atom. The Morgan fingerprint density at radius 2 is 2.27 bits per heavy atom. The zero-order valence-electron chi connectivity index (χ0n) is 9.19. The number of likely N-dealkylation sites (N-methyl/N-ethyl adjacent to an activating group) is 1. The summed E-state index contributed by atoms with van der Waals surface area (Å²) in [4.78, 5) is 1.97. The Hall–Kier alpha value is -0.760. The number of nitrogen functional groups attached to an aromatic ring is 1. The van der Waals surface area contributed by atoms with E-state index in [2.05, 4.69) is 15.0 Å². The molecule has 0 saturated carbocycles. The van der Waals surface area contributed by atoms with Gasteiger partial charge in [-0.15, -0.1) is 5.10 Å². The molecule has 86 valence electrons. The standard InChI is InChI=1S/C8H17N5OS/c1-8(2,14)5-13(3)4-6-7(10-9)15-12-11-6/h10,14H,4-5,9H2,1-3H3. The number of nitrogens with two attached hydrogens (primary N) is 1. The number of hydrogen-bond donors (Lipinski definition) is 3. The number of aliphatic hydroxyl groups is 1. The third-order valence-electron chi connectivity index (χ3n) is 1.76. The number of aromatic nitrogens is 2. The number of nitrogens with one attached hydrogen (secondary N) is 1. The minimum Gasteiger partial charge on any atom is -0.389 e. The topological polar surface area (TPSA) is 87.3 Å². The van der Waals surface area contributed by atoms with Gasteiger partial charge in [-0.2, -0.15) is 0 Å². The van der Waals surface area contributed by atoms with Gasteiger partial charge in [0, 0.05) is 24.6 Å². The molecule has 4 N–H and O–H groups in total. The van der Waals surface area contributed by atoms with Crippen LogP contribution < -0.4 is 11.3 Å². The maximum absolute atomic E-state index is 9.63. The fourth-order valence-electron chi connectivity index (χ4n) is 1.39. The predicted octanol–water partition coefficient (Wildman–Crippen LogP) is 0.0264. The lowest BCUT2D eigenvalue weighted by Crippen LogP contribution is -2.36. The minimum atomic E-state index is -0.714. The molecule has 0 amide bonds. The van der Waals surface area contributed by atoms with Crippen molar-refractivity contribution in [2.45, 2.75) is 26.0 Å². The molecule has 0 aliphatic heterocycles. The van der Waals surface area contributed by atoms with E-state index in [9.17, 15) is 5.11 Å². The van der Waals surface area contributed by atoms with Crippen LogP contribution >= 0.6 is 11.5 Å². The van der Waals surface area contributed by atoms with E-state index in [0.29, 0.717) is 13.1 Å². The SMILES string of the molecule is CN(Cc1nnsc1NN)CC(C)(C)O. The molecule has 1 rings (SSSR count). The summed E-state index contributed by atoms with van der Waals surface area (Å²) in [5.74, 6) is 5.31. The molecule has 1 aromatic rings. The summed E-state index contributed by atoms with van der Waals surface area (Å²) in [7, 11) is 1.91. The summed E-state index contributed by atoms with van der Waals surface area (Å²) >= 11 is 1.22. The highest BCUT2D eigenvalue weighted by molar-refractivity contribution is 7.10. The van der Waals surface area contributed by atoms with Crippen LogP contribution in [0.3, 0.4) is 0 Å². The van der Waals surface area contributed by atoms with Gasteiger partial charge in [0.05, 0.1) is 5.60 Å². The van der Waals surface area contributed by atoms with Crippen LogP contribution in [0.1, 0.15) is 19.5 Å². The van der Waals surface area contributed by atoms with Crippen molar-refractivity contribution in [3.63, 3.8) is 0 Å². The molecule has 1 heterocycles. The van der Waals surface area contributed by atoms with E-state index in [4.69, 9.17) is 5.84 Å². The Bertz CT molecular complexity index is 308. The molecule has 0 fully saturated rings. The van der Waals surface area contributed by atoms with Crippen molar-refractivity contribution in [3.05, 3.63) is 5.69 Å². The smallest absolute Gasteiger partial charge is 0.148 e. The highest BCUT2D eigenvalue weighted by atomic mass is 32.1. The van der Waals surface area contributed by atoms with Gasteiger partial charge in [-0.3, -0.25) is 4.90 Å². The molecule has 7 heteroatoms. The molecule has 0 atom stereocenters. The quantitative estimate of drug-likeness (QED) is 0.489. The molecular formula is C8H17N5OS. The largest absolute Gasteiger partial charge is 0.389 e. The molecule has 0 saturated heterocycles. The van der Waals surface area contributed by atoms with Crippen molar-refractivity contribution in [1.82, 2.24) is 14.5 Å². The van der Waals surface area contributed by atoms with Crippen molar-refractivity contribution < 1.29 is 5.11 Å². The van der Waals surface area contributed by atoms with Crippen molar-refractivity contribution >= 4 is 16.5 Å².